The van der Waals surface area contributed by atoms with Crippen LogP contribution in [-0.2, 0) is 16.0 Å². The van der Waals surface area contributed by atoms with E-state index in [-0.39, 0.29) is 32.9 Å². The Morgan fingerprint density at radius 1 is 1.27 bits per heavy atom. The van der Waals surface area contributed by atoms with Gasteiger partial charge >= 0.3 is 5.97 Å². The third-order valence-corrected chi connectivity index (χ3v) is 4.44. The average molecular weight is 418 g/mol. The van der Waals surface area contributed by atoms with Gasteiger partial charge in [0.25, 0.3) is 0 Å². The van der Waals surface area contributed by atoms with Gasteiger partial charge in [-0.1, -0.05) is 48.7 Å². The number of esters is 1. The van der Waals surface area contributed by atoms with Crippen molar-refractivity contribution in [1.29, 1.82) is 0 Å². The predicted octanol–water partition coefficient (Wildman–Crippen LogP) is 5.68. The molecule has 26 heavy (non-hydrogen) atoms. The molecule has 0 amide bonds. The number of halogens is 4. The van der Waals surface area contributed by atoms with Crippen molar-refractivity contribution >= 4 is 46.8 Å². The first kappa shape index (κ1) is 20.6. The molecule has 1 heterocycles. The molecule has 0 aliphatic heterocycles. The first-order valence-corrected chi connectivity index (χ1v) is 9.05. The van der Waals surface area contributed by atoms with Gasteiger partial charge in [-0.2, -0.15) is 0 Å². The zero-order chi connectivity index (χ0) is 19.3. The number of aromatic nitrogens is 2. The normalized spacial score (nSPS) is 11.5. The van der Waals surface area contributed by atoms with Gasteiger partial charge in [0, 0.05) is 5.56 Å². The first-order valence-electron chi connectivity index (χ1n) is 7.92. The van der Waals surface area contributed by atoms with Crippen LogP contribution in [0.3, 0.4) is 0 Å². The van der Waals surface area contributed by atoms with Gasteiger partial charge in [-0.3, -0.25) is 0 Å². The Balaban J connectivity index is 2.49. The van der Waals surface area contributed by atoms with Crippen LogP contribution in [0.1, 0.15) is 31.5 Å². The molecule has 0 fully saturated rings. The summed E-state index contributed by atoms with van der Waals surface area (Å²) in [4.78, 5) is 19.9. The highest BCUT2D eigenvalue weighted by atomic mass is 35.5. The van der Waals surface area contributed by atoms with Crippen molar-refractivity contribution in [3.63, 3.8) is 0 Å². The standard InChI is InChI=1S/C18H16Cl3FN2O2/c1-3-5-26-18(25)13(20)7-10-6-11(14(22)8-12(10)19)17-16(21)15(4-2)23-9-24-17/h6-9H,3-5H2,1-2H3/b13-7-. The van der Waals surface area contributed by atoms with E-state index in [1.807, 2.05) is 13.8 Å². The molecule has 0 saturated carbocycles. The van der Waals surface area contributed by atoms with Gasteiger partial charge in [-0.05, 0) is 36.6 Å². The fourth-order valence-corrected chi connectivity index (χ4v) is 2.87. The maximum Gasteiger partial charge on any atom is 0.349 e. The summed E-state index contributed by atoms with van der Waals surface area (Å²) >= 11 is 18.3. The van der Waals surface area contributed by atoms with E-state index < -0.39 is 11.8 Å². The minimum absolute atomic E-state index is 0.0913. The van der Waals surface area contributed by atoms with Gasteiger partial charge in [0.15, 0.2) is 0 Å². The van der Waals surface area contributed by atoms with Gasteiger partial charge in [-0.25, -0.2) is 19.2 Å². The SMILES string of the molecule is CCCOC(=O)/C(Cl)=C/c1cc(-c2ncnc(CC)c2Cl)c(F)cc1Cl. The van der Waals surface area contributed by atoms with Crippen LogP contribution >= 0.6 is 34.8 Å². The Kier molecular flexibility index (Phi) is 7.38. The molecule has 0 atom stereocenters. The minimum atomic E-state index is -0.677. The lowest BCUT2D eigenvalue weighted by Gasteiger charge is -2.10. The average Bonchev–Trinajstić information content (AvgIpc) is 2.62. The fraction of sp³-hybridized carbons (Fsp3) is 0.278. The van der Waals surface area contributed by atoms with E-state index in [9.17, 15) is 9.18 Å². The molecule has 1 aromatic carbocycles. The summed E-state index contributed by atoms with van der Waals surface area (Å²) in [5, 5.41) is 0.189. The van der Waals surface area contributed by atoms with Crippen molar-refractivity contribution in [2.24, 2.45) is 0 Å². The minimum Gasteiger partial charge on any atom is -0.461 e. The third kappa shape index (κ3) is 4.72. The summed E-state index contributed by atoms with van der Waals surface area (Å²) in [6.45, 7) is 4.00. The Hall–Kier alpha value is -1.69. The molecule has 0 unspecified atom stereocenters. The van der Waals surface area contributed by atoms with Crippen molar-refractivity contribution in [3.8, 4) is 11.3 Å². The molecule has 138 valence electrons. The van der Waals surface area contributed by atoms with Crippen molar-refractivity contribution in [1.82, 2.24) is 9.97 Å². The van der Waals surface area contributed by atoms with Crippen molar-refractivity contribution in [3.05, 3.63) is 50.6 Å². The Labute approximate surface area is 166 Å². The molecule has 4 nitrogen and oxygen atoms in total. The summed E-state index contributed by atoms with van der Waals surface area (Å²) in [6.07, 6.45) is 3.88. The van der Waals surface area contributed by atoms with Gasteiger partial charge in [0.05, 0.1) is 28.0 Å². The lowest BCUT2D eigenvalue weighted by atomic mass is 10.1. The lowest BCUT2D eigenvalue weighted by Crippen LogP contribution is -2.05. The Morgan fingerprint density at radius 3 is 2.65 bits per heavy atom. The molecular formula is C18H16Cl3FN2O2. The Morgan fingerprint density at radius 2 is 2.00 bits per heavy atom. The van der Waals surface area contributed by atoms with Crippen molar-refractivity contribution in [2.45, 2.75) is 26.7 Å². The maximum atomic E-state index is 14.4. The molecular weight excluding hydrogens is 402 g/mol. The highest BCUT2D eigenvalue weighted by Crippen LogP contribution is 2.33. The molecule has 0 spiro atoms. The number of carbonyl (C=O) groups is 1. The number of hydrogen-bond donors (Lipinski definition) is 0. The van der Waals surface area contributed by atoms with Crippen LogP contribution in [0, 0.1) is 5.82 Å². The van der Waals surface area contributed by atoms with Crippen LogP contribution in [0.15, 0.2) is 23.5 Å². The number of rotatable bonds is 6. The van der Waals surface area contributed by atoms with Crippen LogP contribution in [0.25, 0.3) is 17.3 Å². The first-order chi connectivity index (χ1) is 12.4. The van der Waals surface area contributed by atoms with E-state index in [4.69, 9.17) is 39.5 Å². The van der Waals surface area contributed by atoms with E-state index in [0.29, 0.717) is 24.1 Å². The van der Waals surface area contributed by atoms with E-state index >= 15 is 0 Å². The van der Waals surface area contributed by atoms with Crippen LogP contribution in [0.4, 0.5) is 4.39 Å². The molecule has 1 aromatic heterocycles. The molecule has 2 rings (SSSR count). The van der Waals surface area contributed by atoms with Crippen LogP contribution in [0.2, 0.25) is 10.0 Å². The van der Waals surface area contributed by atoms with Crippen LogP contribution < -0.4 is 0 Å². The highest BCUT2D eigenvalue weighted by Gasteiger charge is 2.17. The smallest absolute Gasteiger partial charge is 0.349 e. The predicted molar refractivity (Wildman–Crippen MR) is 102 cm³/mol. The second-order valence-electron chi connectivity index (χ2n) is 5.32. The molecule has 8 heteroatoms. The maximum absolute atomic E-state index is 14.4. The van der Waals surface area contributed by atoms with Gasteiger partial charge < -0.3 is 4.74 Å². The van der Waals surface area contributed by atoms with E-state index in [0.717, 1.165) is 6.07 Å². The molecule has 0 aliphatic rings. The van der Waals surface area contributed by atoms with Gasteiger partial charge in [0.1, 0.15) is 17.2 Å². The number of hydrogen-bond acceptors (Lipinski definition) is 4. The van der Waals surface area contributed by atoms with Crippen LogP contribution in [-0.4, -0.2) is 22.5 Å². The fourth-order valence-electron chi connectivity index (χ4n) is 2.16. The topological polar surface area (TPSA) is 52.1 Å². The van der Waals surface area contributed by atoms with Crippen molar-refractivity contribution in [2.75, 3.05) is 6.61 Å². The number of benzene rings is 1. The van der Waals surface area contributed by atoms with Crippen molar-refractivity contribution < 1.29 is 13.9 Å². The second kappa shape index (κ2) is 9.31. The zero-order valence-corrected chi connectivity index (χ0v) is 16.4. The van der Waals surface area contributed by atoms with E-state index in [2.05, 4.69) is 9.97 Å². The number of carbonyl (C=O) groups excluding carboxylic acids is 1. The van der Waals surface area contributed by atoms with Crippen LogP contribution in [0.5, 0.6) is 0 Å². The molecule has 0 radical (unpaired) electrons. The number of nitrogens with zero attached hydrogens (tertiary/aromatic N) is 2. The van der Waals surface area contributed by atoms with E-state index in [1.165, 1.54) is 18.5 Å². The highest BCUT2D eigenvalue weighted by molar-refractivity contribution is 6.43. The zero-order valence-electron chi connectivity index (χ0n) is 14.2. The molecule has 0 saturated heterocycles. The molecule has 0 bridgehead atoms. The monoisotopic (exact) mass is 416 g/mol. The summed E-state index contributed by atoms with van der Waals surface area (Å²) in [5.41, 5.74) is 1.32. The van der Waals surface area contributed by atoms with Gasteiger partial charge in [0.2, 0.25) is 0 Å². The second-order valence-corrected chi connectivity index (χ2v) is 6.51. The quantitative estimate of drug-likeness (QED) is 0.448. The largest absolute Gasteiger partial charge is 0.461 e. The summed E-state index contributed by atoms with van der Waals surface area (Å²) in [7, 11) is 0. The third-order valence-electron chi connectivity index (χ3n) is 3.45. The molecule has 0 N–H and O–H groups in total. The lowest BCUT2D eigenvalue weighted by molar-refractivity contribution is -0.138. The van der Waals surface area contributed by atoms with Gasteiger partial charge in [-0.15, -0.1) is 0 Å². The number of aryl methyl sites for hydroxylation is 1. The van der Waals surface area contributed by atoms with E-state index in [1.54, 1.807) is 0 Å². The molecule has 0 aliphatic carbocycles. The summed E-state index contributed by atoms with van der Waals surface area (Å²) < 4.78 is 19.4. The molecule has 2 aromatic rings. The summed E-state index contributed by atoms with van der Waals surface area (Å²) in [5.74, 6) is -1.27. The number of ether oxygens (including phenoxy) is 1. The Bertz CT molecular complexity index is 857. The summed E-state index contributed by atoms with van der Waals surface area (Å²) in [6, 6.07) is 2.55.